The molecule has 0 unspecified atom stereocenters. The van der Waals surface area contributed by atoms with Crippen molar-refractivity contribution in [3.63, 3.8) is 0 Å². The van der Waals surface area contributed by atoms with Crippen LogP contribution in [0.4, 0.5) is 4.79 Å². The highest BCUT2D eigenvalue weighted by molar-refractivity contribution is 7.08. The highest BCUT2D eigenvalue weighted by atomic mass is 32.1. The number of nitrogens with one attached hydrogen (secondary N) is 2. The maximum Gasteiger partial charge on any atom is 0.325 e. The van der Waals surface area contributed by atoms with Gasteiger partial charge in [0.25, 0.3) is 11.8 Å². The van der Waals surface area contributed by atoms with Crippen LogP contribution in [-0.4, -0.2) is 51.0 Å². The monoisotopic (exact) mass is 351 g/mol. The third-order valence-corrected chi connectivity index (χ3v) is 5.41. The molecule has 9 heteroatoms. The molecular formula is C15H21N5O3S. The molecule has 2 N–H and O–H groups in total. The smallest absolute Gasteiger partial charge is 0.325 e. The van der Waals surface area contributed by atoms with E-state index in [0.29, 0.717) is 36.5 Å². The minimum absolute atomic E-state index is 0.115. The van der Waals surface area contributed by atoms with E-state index in [1.807, 2.05) is 6.92 Å². The van der Waals surface area contributed by atoms with Crippen LogP contribution in [0, 0.1) is 0 Å². The second-order valence-electron chi connectivity index (χ2n) is 6.19. The first kappa shape index (κ1) is 16.8. The summed E-state index contributed by atoms with van der Waals surface area (Å²) in [7, 11) is 0. The lowest BCUT2D eigenvalue weighted by atomic mass is 9.98. The Hall–Kier alpha value is -2.03. The molecule has 1 saturated carbocycles. The number of carbonyl (C=O) groups excluding carboxylic acids is 3. The summed E-state index contributed by atoms with van der Waals surface area (Å²) >= 11 is 1.08. The van der Waals surface area contributed by atoms with Gasteiger partial charge in [-0.2, -0.15) is 0 Å². The van der Waals surface area contributed by atoms with Crippen molar-refractivity contribution in [2.24, 2.45) is 0 Å². The zero-order valence-electron chi connectivity index (χ0n) is 13.6. The zero-order chi connectivity index (χ0) is 17.2. The molecule has 2 heterocycles. The number of hydrogen-bond acceptors (Lipinski definition) is 6. The molecule has 4 amide bonds. The third-order valence-electron chi connectivity index (χ3n) is 4.64. The average molecular weight is 351 g/mol. The fourth-order valence-corrected chi connectivity index (χ4v) is 4.00. The minimum Gasteiger partial charge on any atom is -0.351 e. The minimum atomic E-state index is -0.662. The van der Waals surface area contributed by atoms with Gasteiger partial charge >= 0.3 is 6.03 Å². The van der Waals surface area contributed by atoms with Gasteiger partial charge in [-0.1, -0.05) is 24.3 Å². The van der Waals surface area contributed by atoms with Crippen molar-refractivity contribution in [3.05, 3.63) is 10.6 Å². The maximum atomic E-state index is 12.5. The fourth-order valence-electron chi connectivity index (χ4n) is 3.33. The molecule has 2 aliphatic rings. The van der Waals surface area contributed by atoms with Crippen molar-refractivity contribution in [3.8, 4) is 0 Å². The van der Waals surface area contributed by atoms with Gasteiger partial charge in [0.2, 0.25) is 0 Å². The second kappa shape index (κ2) is 6.84. The summed E-state index contributed by atoms with van der Waals surface area (Å²) in [5.74, 6) is -0.317. The first-order chi connectivity index (χ1) is 11.6. The van der Waals surface area contributed by atoms with Gasteiger partial charge in [-0.3, -0.25) is 14.5 Å². The Kier molecular flexibility index (Phi) is 4.79. The number of carbonyl (C=O) groups is 3. The van der Waals surface area contributed by atoms with E-state index in [2.05, 4.69) is 20.2 Å². The topological polar surface area (TPSA) is 104 Å². The largest absolute Gasteiger partial charge is 0.351 e. The molecule has 1 aromatic rings. The fraction of sp³-hybridized carbons (Fsp3) is 0.667. The lowest BCUT2D eigenvalue weighted by molar-refractivity contribution is -0.131. The number of amides is 4. The summed E-state index contributed by atoms with van der Waals surface area (Å²) in [6, 6.07) is -0.312. The van der Waals surface area contributed by atoms with E-state index in [1.165, 1.54) is 4.90 Å². The second-order valence-corrected chi connectivity index (χ2v) is 6.94. The van der Waals surface area contributed by atoms with Crippen LogP contribution < -0.4 is 10.6 Å². The molecule has 1 saturated heterocycles. The lowest BCUT2D eigenvalue weighted by Crippen LogP contribution is -2.44. The molecule has 1 aromatic heterocycles. The molecule has 0 bridgehead atoms. The first-order valence-corrected chi connectivity index (χ1v) is 9.08. The quantitative estimate of drug-likeness (QED) is 0.590. The average Bonchev–Trinajstić information content (AvgIpc) is 3.27. The van der Waals surface area contributed by atoms with Gasteiger partial charge in [0.1, 0.15) is 10.4 Å². The summed E-state index contributed by atoms with van der Waals surface area (Å²) in [5, 5.41) is 9.56. The van der Waals surface area contributed by atoms with Crippen LogP contribution in [-0.2, 0) is 11.2 Å². The van der Waals surface area contributed by atoms with Crippen LogP contribution in [0.2, 0.25) is 0 Å². The Bertz CT molecular complexity index is 653. The van der Waals surface area contributed by atoms with Crippen molar-refractivity contribution in [1.82, 2.24) is 25.1 Å². The molecule has 1 aliphatic heterocycles. The van der Waals surface area contributed by atoms with E-state index in [9.17, 15) is 14.4 Å². The SMILES string of the molecule is CCc1nnsc1C(=O)NCCCN1C(=O)NC2(CCCC2)C1=O. The van der Waals surface area contributed by atoms with E-state index in [4.69, 9.17) is 0 Å². The third kappa shape index (κ3) is 3.00. The van der Waals surface area contributed by atoms with Gasteiger partial charge in [0.05, 0.1) is 5.69 Å². The van der Waals surface area contributed by atoms with E-state index in [1.54, 1.807) is 0 Å². The Morgan fingerprint density at radius 1 is 1.38 bits per heavy atom. The molecule has 0 aromatic carbocycles. The van der Waals surface area contributed by atoms with E-state index >= 15 is 0 Å². The van der Waals surface area contributed by atoms with Crippen molar-refractivity contribution in [2.45, 2.75) is 51.0 Å². The number of hydrogen-bond donors (Lipinski definition) is 2. The van der Waals surface area contributed by atoms with Gasteiger partial charge in [-0.05, 0) is 37.2 Å². The van der Waals surface area contributed by atoms with Crippen LogP contribution >= 0.6 is 11.5 Å². The number of urea groups is 1. The van der Waals surface area contributed by atoms with Gasteiger partial charge < -0.3 is 10.6 Å². The van der Waals surface area contributed by atoms with Crippen LogP contribution in [0.15, 0.2) is 0 Å². The first-order valence-electron chi connectivity index (χ1n) is 8.31. The zero-order valence-corrected chi connectivity index (χ0v) is 14.4. The molecule has 3 rings (SSSR count). The predicted molar refractivity (Wildman–Crippen MR) is 87.7 cm³/mol. The summed E-state index contributed by atoms with van der Waals surface area (Å²) < 4.78 is 3.79. The maximum absolute atomic E-state index is 12.5. The van der Waals surface area contributed by atoms with E-state index in [-0.39, 0.29) is 17.8 Å². The van der Waals surface area contributed by atoms with Gasteiger partial charge in [-0.25, -0.2) is 4.79 Å². The number of rotatable bonds is 6. The molecule has 0 radical (unpaired) electrons. The molecule has 24 heavy (non-hydrogen) atoms. The number of aryl methyl sites for hydroxylation is 1. The Labute approximate surface area is 144 Å². The predicted octanol–water partition coefficient (Wildman–Crippen LogP) is 1.08. The van der Waals surface area contributed by atoms with Crippen molar-refractivity contribution < 1.29 is 14.4 Å². The summed E-state index contributed by atoms with van der Waals surface area (Å²) in [6.45, 7) is 2.63. The van der Waals surface area contributed by atoms with Crippen LogP contribution in [0.5, 0.6) is 0 Å². The summed E-state index contributed by atoms with van der Waals surface area (Å²) in [4.78, 5) is 38.4. The lowest BCUT2D eigenvalue weighted by Gasteiger charge is -2.20. The van der Waals surface area contributed by atoms with Crippen LogP contribution in [0.1, 0.15) is 54.4 Å². The number of nitrogens with zero attached hydrogens (tertiary/aromatic N) is 3. The molecule has 1 aliphatic carbocycles. The Balaban J connectivity index is 1.47. The molecule has 8 nitrogen and oxygen atoms in total. The highest BCUT2D eigenvalue weighted by Gasteiger charge is 2.51. The van der Waals surface area contributed by atoms with Gasteiger partial charge in [0, 0.05) is 13.1 Å². The Morgan fingerprint density at radius 2 is 2.12 bits per heavy atom. The van der Waals surface area contributed by atoms with Crippen molar-refractivity contribution in [2.75, 3.05) is 13.1 Å². The van der Waals surface area contributed by atoms with E-state index < -0.39 is 5.54 Å². The molecule has 2 fully saturated rings. The standard InChI is InChI=1S/C15H21N5O3S/c1-2-10-11(24-19-18-10)12(21)16-8-5-9-20-13(22)15(17-14(20)23)6-3-4-7-15/h2-9H2,1H3,(H,16,21)(H,17,23). The number of aromatic nitrogens is 2. The summed E-state index contributed by atoms with van der Waals surface area (Å²) in [6.07, 6.45) is 4.57. The molecule has 1 spiro atoms. The van der Waals surface area contributed by atoms with Gasteiger partial charge in [0.15, 0.2) is 0 Å². The van der Waals surface area contributed by atoms with E-state index in [0.717, 1.165) is 37.2 Å². The molecule has 0 atom stereocenters. The van der Waals surface area contributed by atoms with Crippen LogP contribution in [0.25, 0.3) is 0 Å². The molecular weight excluding hydrogens is 330 g/mol. The molecule has 130 valence electrons. The normalized spacial score (nSPS) is 19.1. The van der Waals surface area contributed by atoms with Gasteiger partial charge in [-0.15, -0.1) is 5.10 Å². The summed E-state index contributed by atoms with van der Waals surface area (Å²) in [5.41, 5.74) is 0.0276. The van der Waals surface area contributed by atoms with Crippen molar-refractivity contribution >= 4 is 29.4 Å². The highest BCUT2D eigenvalue weighted by Crippen LogP contribution is 2.34. The van der Waals surface area contributed by atoms with Crippen LogP contribution in [0.3, 0.4) is 0 Å². The van der Waals surface area contributed by atoms with Crippen molar-refractivity contribution in [1.29, 1.82) is 0 Å². The Morgan fingerprint density at radius 3 is 2.83 bits per heavy atom. The number of imide groups is 1.